The molecule has 3 heteroatoms. The molecule has 14 heavy (non-hydrogen) atoms. The van der Waals surface area contributed by atoms with Gasteiger partial charge >= 0.3 is 0 Å². The second kappa shape index (κ2) is 5.70. The third-order valence-corrected chi connectivity index (χ3v) is 2.60. The van der Waals surface area contributed by atoms with Crippen molar-refractivity contribution < 1.29 is 0 Å². The van der Waals surface area contributed by atoms with Gasteiger partial charge in [0.05, 0.1) is 6.20 Å². The lowest BCUT2D eigenvalue weighted by atomic mass is 9.94. The van der Waals surface area contributed by atoms with Gasteiger partial charge in [-0.15, -0.1) is 0 Å². The molecular weight excluding hydrogens is 174 g/mol. The quantitative estimate of drug-likeness (QED) is 0.778. The van der Waals surface area contributed by atoms with Crippen LogP contribution in [0.3, 0.4) is 0 Å². The Hall–Kier alpha value is -0.960. The molecule has 0 bridgehead atoms. The molecule has 0 saturated carbocycles. The van der Waals surface area contributed by atoms with Crippen LogP contribution in [-0.2, 0) is 0 Å². The Balaban J connectivity index is 2.77. The average molecular weight is 193 g/mol. The highest BCUT2D eigenvalue weighted by Gasteiger charge is 2.16. The van der Waals surface area contributed by atoms with Gasteiger partial charge in [0.2, 0.25) is 0 Å². The molecule has 3 nitrogen and oxygen atoms in total. The predicted molar refractivity (Wildman–Crippen MR) is 57.9 cm³/mol. The van der Waals surface area contributed by atoms with E-state index in [1.165, 1.54) is 12.0 Å². The molecule has 0 amide bonds. The molecule has 1 aromatic heterocycles. The molecule has 1 aromatic rings. The van der Waals surface area contributed by atoms with Crippen LogP contribution in [0.1, 0.15) is 38.8 Å². The minimum atomic E-state index is 0.403. The number of aromatic nitrogens is 2. The molecule has 0 aromatic carbocycles. The van der Waals surface area contributed by atoms with Crippen LogP contribution in [0.15, 0.2) is 18.5 Å². The molecule has 0 aliphatic carbocycles. The Labute approximate surface area is 85.9 Å². The molecule has 1 rings (SSSR count). The van der Waals surface area contributed by atoms with Gasteiger partial charge in [-0.3, -0.25) is 0 Å². The first-order chi connectivity index (χ1) is 6.79. The highest BCUT2D eigenvalue weighted by molar-refractivity contribution is 5.12. The van der Waals surface area contributed by atoms with Gasteiger partial charge in [0.15, 0.2) is 0 Å². The second-order valence-electron chi connectivity index (χ2n) is 3.60. The third-order valence-electron chi connectivity index (χ3n) is 2.60. The molecule has 0 spiro atoms. The highest BCUT2D eigenvalue weighted by atomic mass is 15.1. The van der Waals surface area contributed by atoms with Crippen molar-refractivity contribution in [3.8, 4) is 0 Å². The van der Waals surface area contributed by atoms with E-state index >= 15 is 0 Å². The van der Waals surface area contributed by atoms with E-state index in [0.29, 0.717) is 12.0 Å². The zero-order chi connectivity index (χ0) is 10.4. The minimum absolute atomic E-state index is 0.403. The summed E-state index contributed by atoms with van der Waals surface area (Å²) in [4.78, 5) is 0. The van der Waals surface area contributed by atoms with Crippen LogP contribution < -0.4 is 5.32 Å². The fraction of sp³-hybridized carbons (Fsp3) is 0.636. The summed E-state index contributed by atoms with van der Waals surface area (Å²) in [7, 11) is 0. The molecule has 0 radical (unpaired) electrons. The van der Waals surface area contributed by atoms with Gasteiger partial charge in [-0.1, -0.05) is 27.2 Å². The summed E-state index contributed by atoms with van der Waals surface area (Å²) < 4.78 is 0. The zero-order valence-electron chi connectivity index (χ0n) is 9.20. The van der Waals surface area contributed by atoms with Gasteiger partial charge in [0, 0.05) is 12.2 Å². The first kappa shape index (κ1) is 11.1. The van der Waals surface area contributed by atoms with Crippen LogP contribution >= 0.6 is 0 Å². The van der Waals surface area contributed by atoms with Crippen LogP contribution in [0.2, 0.25) is 0 Å². The third kappa shape index (κ3) is 2.77. The maximum atomic E-state index is 3.91. The molecule has 2 unspecified atom stereocenters. The number of nitrogens with zero attached hydrogens (tertiary/aromatic N) is 2. The lowest BCUT2D eigenvalue weighted by molar-refractivity contribution is 0.382. The van der Waals surface area contributed by atoms with Crippen molar-refractivity contribution in [1.82, 2.24) is 15.5 Å². The normalized spacial score (nSPS) is 15.1. The van der Waals surface area contributed by atoms with Crippen LogP contribution in [0, 0.1) is 5.92 Å². The summed E-state index contributed by atoms with van der Waals surface area (Å²) in [6.45, 7) is 7.58. The summed E-state index contributed by atoms with van der Waals surface area (Å²) in [6.07, 6.45) is 4.77. The van der Waals surface area contributed by atoms with Crippen LogP contribution in [0.4, 0.5) is 0 Å². The molecule has 78 valence electrons. The van der Waals surface area contributed by atoms with Gasteiger partial charge < -0.3 is 5.32 Å². The molecular formula is C11H19N3. The maximum absolute atomic E-state index is 3.91. The zero-order valence-corrected chi connectivity index (χ0v) is 9.20. The standard InChI is InChI=1S/C11H19N3/c1-4-9(3)11(12-5-2)10-6-7-13-14-8-10/h6-9,11-12H,4-5H2,1-3H3. The first-order valence-corrected chi connectivity index (χ1v) is 5.29. The number of rotatable bonds is 5. The van der Waals surface area contributed by atoms with Crippen LogP contribution in [-0.4, -0.2) is 16.7 Å². The topological polar surface area (TPSA) is 37.8 Å². The Morgan fingerprint density at radius 1 is 1.36 bits per heavy atom. The van der Waals surface area contributed by atoms with Gasteiger partial charge in [0.1, 0.15) is 0 Å². The number of hydrogen-bond acceptors (Lipinski definition) is 3. The fourth-order valence-corrected chi connectivity index (χ4v) is 1.59. The van der Waals surface area contributed by atoms with Crippen molar-refractivity contribution in [2.75, 3.05) is 6.54 Å². The second-order valence-corrected chi connectivity index (χ2v) is 3.60. The summed E-state index contributed by atoms with van der Waals surface area (Å²) in [5, 5.41) is 11.2. The monoisotopic (exact) mass is 193 g/mol. The van der Waals surface area contributed by atoms with Crippen molar-refractivity contribution in [3.63, 3.8) is 0 Å². The Morgan fingerprint density at radius 3 is 2.64 bits per heavy atom. The van der Waals surface area contributed by atoms with Gasteiger partial charge in [0.25, 0.3) is 0 Å². The van der Waals surface area contributed by atoms with E-state index in [-0.39, 0.29) is 0 Å². The van der Waals surface area contributed by atoms with Crippen molar-refractivity contribution >= 4 is 0 Å². The van der Waals surface area contributed by atoms with E-state index in [0.717, 1.165) is 6.54 Å². The predicted octanol–water partition coefficient (Wildman–Crippen LogP) is 2.17. The number of nitrogens with one attached hydrogen (secondary N) is 1. The summed E-state index contributed by atoms with van der Waals surface area (Å²) in [5.74, 6) is 0.624. The Bertz CT molecular complexity index is 248. The number of hydrogen-bond donors (Lipinski definition) is 1. The van der Waals surface area contributed by atoms with Gasteiger partial charge in [-0.2, -0.15) is 10.2 Å². The molecule has 0 saturated heterocycles. The fourth-order valence-electron chi connectivity index (χ4n) is 1.59. The highest BCUT2D eigenvalue weighted by Crippen LogP contribution is 2.22. The van der Waals surface area contributed by atoms with Gasteiger partial charge in [-0.25, -0.2) is 0 Å². The molecule has 0 aliphatic rings. The maximum Gasteiger partial charge on any atom is 0.0544 e. The minimum Gasteiger partial charge on any atom is -0.310 e. The van der Waals surface area contributed by atoms with Crippen molar-refractivity contribution in [1.29, 1.82) is 0 Å². The smallest absolute Gasteiger partial charge is 0.0544 e. The molecule has 2 atom stereocenters. The van der Waals surface area contributed by atoms with Crippen LogP contribution in [0.5, 0.6) is 0 Å². The van der Waals surface area contributed by atoms with Gasteiger partial charge in [-0.05, 0) is 24.1 Å². The molecule has 1 N–H and O–H groups in total. The summed E-state index contributed by atoms with van der Waals surface area (Å²) >= 11 is 0. The Kier molecular flexibility index (Phi) is 4.53. The van der Waals surface area contributed by atoms with E-state index in [1.807, 2.05) is 12.3 Å². The molecule has 0 aliphatic heterocycles. The van der Waals surface area contributed by atoms with Crippen molar-refractivity contribution in [2.45, 2.75) is 33.2 Å². The average Bonchev–Trinajstić information content (AvgIpc) is 2.26. The van der Waals surface area contributed by atoms with E-state index < -0.39 is 0 Å². The molecule has 1 heterocycles. The van der Waals surface area contributed by atoms with Crippen molar-refractivity contribution in [2.24, 2.45) is 5.92 Å². The van der Waals surface area contributed by atoms with E-state index in [2.05, 4.69) is 36.3 Å². The van der Waals surface area contributed by atoms with E-state index in [4.69, 9.17) is 0 Å². The molecule has 0 fully saturated rings. The van der Waals surface area contributed by atoms with Crippen molar-refractivity contribution in [3.05, 3.63) is 24.0 Å². The first-order valence-electron chi connectivity index (χ1n) is 5.29. The lowest BCUT2D eigenvalue weighted by Crippen LogP contribution is -2.26. The Morgan fingerprint density at radius 2 is 2.14 bits per heavy atom. The van der Waals surface area contributed by atoms with E-state index in [9.17, 15) is 0 Å². The largest absolute Gasteiger partial charge is 0.310 e. The lowest BCUT2D eigenvalue weighted by Gasteiger charge is -2.23. The summed E-state index contributed by atoms with van der Waals surface area (Å²) in [5.41, 5.74) is 1.23. The van der Waals surface area contributed by atoms with E-state index in [1.54, 1.807) is 6.20 Å². The van der Waals surface area contributed by atoms with Crippen LogP contribution in [0.25, 0.3) is 0 Å². The summed E-state index contributed by atoms with van der Waals surface area (Å²) in [6, 6.07) is 2.44. The SMILES string of the molecule is CCNC(c1ccnnc1)C(C)CC.